The lowest BCUT2D eigenvalue weighted by atomic mass is 10.1. The van der Waals surface area contributed by atoms with Gasteiger partial charge in [0.1, 0.15) is 0 Å². The molecule has 3 heterocycles. The quantitative estimate of drug-likeness (QED) is 0.866. The molecular formula is C14H20N4O3S2. The van der Waals surface area contributed by atoms with Crippen molar-refractivity contribution in [2.75, 3.05) is 19.3 Å². The Kier molecular flexibility index (Phi) is 4.54. The molecule has 23 heavy (non-hydrogen) atoms. The number of fused-ring (bicyclic) bond motifs is 1. The Hall–Kier alpha value is -1.29. The molecular weight excluding hydrogens is 336 g/mol. The van der Waals surface area contributed by atoms with E-state index in [2.05, 4.69) is 14.6 Å². The van der Waals surface area contributed by atoms with E-state index in [1.54, 1.807) is 10.5 Å². The van der Waals surface area contributed by atoms with Gasteiger partial charge >= 0.3 is 0 Å². The molecule has 2 aromatic rings. The number of hydrogen-bond donors (Lipinski definition) is 1. The normalized spacial score (nSPS) is 20.2. The van der Waals surface area contributed by atoms with Crippen molar-refractivity contribution in [1.29, 1.82) is 0 Å². The van der Waals surface area contributed by atoms with Crippen LogP contribution in [-0.2, 0) is 16.6 Å². The van der Waals surface area contributed by atoms with Crippen LogP contribution in [0.3, 0.4) is 0 Å². The van der Waals surface area contributed by atoms with Crippen molar-refractivity contribution in [3.63, 3.8) is 0 Å². The summed E-state index contributed by atoms with van der Waals surface area (Å²) in [5, 5.41) is 1.92. The van der Waals surface area contributed by atoms with Gasteiger partial charge in [0.2, 0.25) is 10.0 Å². The number of hydrogen-bond acceptors (Lipinski definition) is 6. The first kappa shape index (κ1) is 16.6. The van der Waals surface area contributed by atoms with E-state index in [0.29, 0.717) is 18.1 Å². The van der Waals surface area contributed by atoms with Crippen LogP contribution in [0.5, 0.6) is 0 Å². The van der Waals surface area contributed by atoms with Crippen molar-refractivity contribution in [2.24, 2.45) is 0 Å². The molecule has 1 aliphatic heterocycles. The number of sulfonamides is 1. The molecule has 0 aromatic carbocycles. The lowest BCUT2D eigenvalue weighted by Crippen LogP contribution is -2.47. The molecule has 0 saturated carbocycles. The average molecular weight is 356 g/mol. The van der Waals surface area contributed by atoms with Crippen LogP contribution in [0, 0.1) is 6.92 Å². The highest BCUT2D eigenvalue weighted by atomic mass is 32.2. The van der Waals surface area contributed by atoms with Gasteiger partial charge in [-0.05, 0) is 26.3 Å². The summed E-state index contributed by atoms with van der Waals surface area (Å²) in [4.78, 5) is 19.6. The highest BCUT2D eigenvalue weighted by Gasteiger charge is 2.23. The molecule has 1 fully saturated rings. The fourth-order valence-electron chi connectivity index (χ4n) is 3.01. The Morgan fingerprint density at radius 3 is 3.00 bits per heavy atom. The molecule has 0 bridgehead atoms. The molecule has 3 rings (SSSR count). The van der Waals surface area contributed by atoms with Crippen LogP contribution in [0.4, 0.5) is 0 Å². The number of likely N-dealkylation sites (tertiary alicyclic amines) is 1. The Morgan fingerprint density at radius 2 is 2.26 bits per heavy atom. The van der Waals surface area contributed by atoms with Gasteiger partial charge in [0.25, 0.3) is 5.56 Å². The van der Waals surface area contributed by atoms with Crippen molar-refractivity contribution in [2.45, 2.75) is 32.4 Å². The first-order valence-corrected chi connectivity index (χ1v) is 10.3. The topological polar surface area (TPSA) is 83.8 Å². The number of rotatable bonds is 4. The zero-order valence-electron chi connectivity index (χ0n) is 13.2. The predicted molar refractivity (Wildman–Crippen MR) is 90.4 cm³/mol. The van der Waals surface area contributed by atoms with Gasteiger partial charge in [0.15, 0.2) is 4.96 Å². The second-order valence-electron chi connectivity index (χ2n) is 6.05. The molecule has 7 nitrogen and oxygen atoms in total. The van der Waals surface area contributed by atoms with Crippen LogP contribution in [0.25, 0.3) is 4.96 Å². The van der Waals surface area contributed by atoms with Crippen LogP contribution in [0.2, 0.25) is 0 Å². The number of aromatic nitrogens is 2. The van der Waals surface area contributed by atoms with Crippen molar-refractivity contribution < 1.29 is 8.42 Å². The standard InChI is InChI=1S/C14H20N4O3S2/c1-10-9-22-14-15-12(6-13(19)18(10)14)8-17-5-3-4-11(7-17)16-23(2,20)21/h6,9,11,16H,3-5,7-8H2,1-2H3. The average Bonchev–Trinajstić information content (AvgIpc) is 2.79. The van der Waals surface area contributed by atoms with Crippen molar-refractivity contribution in [1.82, 2.24) is 19.0 Å². The molecule has 0 spiro atoms. The predicted octanol–water partition coefficient (Wildman–Crippen LogP) is 0.578. The van der Waals surface area contributed by atoms with Gasteiger partial charge in [-0.2, -0.15) is 0 Å². The molecule has 1 atom stereocenters. The highest BCUT2D eigenvalue weighted by Crippen LogP contribution is 2.15. The first-order valence-electron chi connectivity index (χ1n) is 7.48. The lowest BCUT2D eigenvalue weighted by Gasteiger charge is -2.32. The molecule has 0 aliphatic carbocycles. The monoisotopic (exact) mass is 356 g/mol. The van der Waals surface area contributed by atoms with E-state index >= 15 is 0 Å². The summed E-state index contributed by atoms with van der Waals surface area (Å²) < 4.78 is 27.0. The molecule has 126 valence electrons. The molecule has 9 heteroatoms. The van der Waals surface area contributed by atoms with Crippen LogP contribution < -0.4 is 10.3 Å². The molecule has 1 unspecified atom stereocenters. The summed E-state index contributed by atoms with van der Waals surface area (Å²) in [6.45, 7) is 3.97. The molecule has 1 saturated heterocycles. The van der Waals surface area contributed by atoms with Crippen LogP contribution in [0.15, 0.2) is 16.2 Å². The van der Waals surface area contributed by atoms with Crippen LogP contribution in [0.1, 0.15) is 24.2 Å². The summed E-state index contributed by atoms with van der Waals surface area (Å²) in [6.07, 6.45) is 2.94. The number of aryl methyl sites for hydroxylation is 1. The summed E-state index contributed by atoms with van der Waals surface area (Å²) in [5.41, 5.74) is 1.56. The Bertz CT molecular complexity index is 872. The van der Waals surface area contributed by atoms with E-state index in [0.717, 1.165) is 30.8 Å². The van der Waals surface area contributed by atoms with Crippen molar-refractivity contribution in [3.8, 4) is 0 Å². The third kappa shape index (κ3) is 3.97. The van der Waals surface area contributed by atoms with E-state index in [-0.39, 0.29) is 11.6 Å². The number of nitrogens with zero attached hydrogens (tertiary/aromatic N) is 3. The van der Waals surface area contributed by atoms with Crippen LogP contribution >= 0.6 is 11.3 Å². The zero-order valence-corrected chi connectivity index (χ0v) is 14.8. The molecule has 0 amide bonds. The van der Waals surface area contributed by atoms with Gasteiger partial charge < -0.3 is 0 Å². The minimum absolute atomic E-state index is 0.0634. The molecule has 1 N–H and O–H groups in total. The third-order valence-corrected chi connectivity index (χ3v) is 5.61. The third-order valence-electron chi connectivity index (χ3n) is 3.90. The first-order chi connectivity index (χ1) is 10.8. The summed E-state index contributed by atoms with van der Waals surface area (Å²) in [6, 6.07) is 1.49. The van der Waals surface area contributed by atoms with Gasteiger partial charge in [-0.1, -0.05) is 0 Å². The second kappa shape index (κ2) is 6.31. The molecule has 0 radical (unpaired) electrons. The Morgan fingerprint density at radius 1 is 1.48 bits per heavy atom. The maximum absolute atomic E-state index is 12.2. The summed E-state index contributed by atoms with van der Waals surface area (Å²) >= 11 is 1.45. The minimum Gasteiger partial charge on any atom is -0.296 e. The maximum Gasteiger partial charge on any atom is 0.259 e. The summed E-state index contributed by atoms with van der Waals surface area (Å²) in [5.74, 6) is 0. The second-order valence-corrected chi connectivity index (χ2v) is 8.66. The fourth-order valence-corrected chi connectivity index (χ4v) is 4.70. The smallest absolute Gasteiger partial charge is 0.259 e. The van der Waals surface area contributed by atoms with Gasteiger partial charge in [-0.3, -0.25) is 14.1 Å². The minimum atomic E-state index is -3.20. The number of piperidine rings is 1. The molecule has 1 aliphatic rings. The van der Waals surface area contributed by atoms with E-state index in [1.807, 2.05) is 12.3 Å². The van der Waals surface area contributed by atoms with E-state index < -0.39 is 10.0 Å². The van der Waals surface area contributed by atoms with Crippen LogP contribution in [-0.4, -0.2) is 48.1 Å². The lowest BCUT2D eigenvalue weighted by molar-refractivity contribution is 0.192. The van der Waals surface area contributed by atoms with Crippen molar-refractivity contribution in [3.05, 3.63) is 33.2 Å². The largest absolute Gasteiger partial charge is 0.296 e. The SMILES string of the molecule is Cc1csc2nc(CN3CCCC(NS(C)(=O)=O)C3)cc(=O)n12. The van der Waals surface area contributed by atoms with Gasteiger partial charge in [0, 0.05) is 36.3 Å². The maximum atomic E-state index is 12.2. The fraction of sp³-hybridized carbons (Fsp3) is 0.571. The Labute approximate surface area is 139 Å². The zero-order chi connectivity index (χ0) is 16.6. The van der Waals surface area contributed by atoms with Gasteiger partial charge in [-0.25, -0.2) is 18.1 Å². The van der Waals surface area contributed by atoms with E-state index in [9.17, 15) is 13.2 Å². The summed E-state index contributed by atoms with van der Waals surface area (Å²) in [7, 11) is -3.20. The van der Waals surface area contributed by atoms with E-state index in [1.165, 1.54) is 17.6 Å². The number of nitrogens with one attached hydrogen (secondary N) is 1. The number of thiazole rings is 1. The van der Waals surface area contributed by atoms with Crippen molar-refractivity contribution >= 4 is 26.3 Å². The van der Waals surface area contributed by atoms with Gasteiger partial charge in [-0.15, -0.1) is 11.3 Å². The Balaban J connectivity index is 1.75. The van der Waals surface area contributed by atoms with Gasteiger partial charge in [0.05, 0.1) is 11.9 Å². The highest BCUT2D eigenvalue weighted by molar-refractivity contribution is 7.88. The molecule has 2 aromatic heterocycles. The van der Waals surface area contributed by atoms with E-state index in [4.69, 9.17) is 0 Å².